The van der Waals surface area contributed by atoms with Crippen LogP contribution < -0.4 is 10.6 Å². The Morgan fingerprint density at radius 2 is 1.89 bits per heavy atom. The van der Waals surface area contributed by atoms with Crippen molar-refractivity contribution in [3.8, 4) is 0 Å². The molecule has 0 aromatic heterocycles. The molecule has 1 aromatic rings. The lowest BCUT2D eigenvalue weighted by molar-refractivity contribution is -0.132. The van der Waals surface area contributed by atoms with E-state index in [4.69, 9.17) is 0 Å². The van der Waals surface area contributed by atoms with E-state index in [1.54, 1.807) is 6.92 Å². The lowest BCUT2D eigenvalue weighted by atomic mass is 9.82. The quantitative estimate of drug-likeness (QED) is 0.664. The van der Waals surface area contributed by atoms with Crippen LogP contribution in [0.2, 0.25) is 0 Å². The summed E-state index contributed by atoms with van der Waals surface area (Å²) in [5, 5.41) is 15.2. The molecular formula is C20H27N3O4. The second-order valence-corrected chi connectivity index (χ2v) is 7.47. The number of aliphatic hydroxyl groups is 1. The van der Waals surface area contributed by atoms with Crippen LogP contribution in [0.15, 0.2) is 24.3 Å². The number of aliphatic hydroxyl groups excluding tert-OH is 1. The third-order valence-corrected chi connectivity index (χ3v) is 5.47. The Balaban J connectivity index is 1.47. The highest BCUT2D eigenvalue weighted by atomic mass is 16.3. The molecule has 7 nitrogen and oxygen atoms in total. The van der Waals surface area contributed by atoms with E-state index >= 15 is 0 Å². The largest absolute Gasteiger partial charge is 0.389 e. The summed E-state index contributed by atoms with van der Waals surface area (Å²) in [6.45, 7) is 2.16. The van der Waals surface area contributed by atoms with Crippen molar-refractivity contribution in [3.05, 3.63) is 35.4 Å². The Morgan fingerprint density at radius 3 is 2.52 bits per heavy atom. The molecule has 1 spiro atoms. The van der Waals surface area contributed by atoms with E-state index in [1.165, 1.54) is 4.90 Å². The van der Waals surface area contributed by atoms with Gasteiger partial charge in [0.25, 0.3) is 5.91 Å². The van der Waals surface area contributed by atoms with Crippen LogP contribution in [0.3, 0.4) is 0 Å². The van der Waals surface area contributed by atoms with Gasteiger partial charge in [-0.1, -0.05) is 43.5 Å². The van der Waals surface area contributed by atoms with Crippen LogP contribution in [0, 0.1) is 0 Å². The summed E-state index contributed by atoms with van der Waals surface area (Å²) in [7, 11) is 0. The van der Waals surface area contributed by atoms with Gasteiger partial charge in [-0.25, -0.2) is 4.79 Å². The van der Waals surface area contributed by atoms with Crippen molar-refractivity contribution in [3.63, 3.8) is 0 Å². The normalized spacial score (nSPS) is 19.9. The molecule has 3 rings (SSSR count). The molecule has 2 fully saturated rings. The Kier molecular flexibility index (Phi) is 5.79. The Bertz CT molecular complexity index is 708. The van der Waals surface area contributed by atoms with Crippen LogP contribution in [-0.4, -0.2) is 39.9 Å². The van der Waals surface area contributed by atoms with Crippen LogP contribution in [0.25, 0.3) is 0 Å². The van der Waals surface area contributed by atoms with Gasteiger partial charge in [0.05, 0.1) is 6.10 Å². The minimum Gasteiger partial charge on any atom is -0.389 e. The summed E-state index contributed by atoms with van der Waals surface area (Å²) >= 11 is 0. The van der Waals surface area contributed by atoms with Gasteiger partial charge in [0, 0.05) is 19.5 Å². The minimum absolute atomic E-state index is 0.0843. The molecule has 1 saturated carbocycles. The molecule has 1 saturated heterocycles. The average Bonchev–Trinajstić information content (AvgIpc) is 2.88. The molecule has 4 amide bonds. The molecule has 1 atom stereocenters. The zero-order chi connectivity index (χ0) is 19.4. The summed E-state index contributed by atoms with van der Waals surface area (Å²) in [5.74, 6) is -0.395. The smallest absolute Gasteiger partial charge is 0.325 e. The van der Waals surface area contributed by atoms with Gasteiger partial charge in [-0.2, -0.15) is 0 Å². The third kappa shape index (κ3) is 4.30. The monoisotopic (exact) mass is 373 g/mol. The molecule has 3 N–H and O–H groups in total. The van der Waals surface area contributed by atoms with Gasteiger partial charge in [0.15, 0.2) is 0 Å². The molecule has 1 aromatic carbocycles. The summed E-state index contributed by atoms with van der Waals surface area (Å²) in [6.07, 6.45) is 3.89. The molecule has 0 unspecified atom stereocenters. The maximum Gasteiger partial charge on any atom is 0.325 e. The molecule has 0 bridgehead atoms. The molecule has 0 radical (unpaired) electrons. The number of carbonyl (C=O) groups is 3. The van der Waals surface area contributed by atoms with Crippen LogP contribution in [0.5, 0.6) is 0 Å². The Hall–Kier alpha value is -2.41. The second-order valence-electron chi connectivity index (χ2n) is 7.47. The standard InChI is InChI=1S/C20H27N3O4/c1-14(24)16-7-5-15(6-8-16)13-21-17(25)9-12-23-18(26)20(22-19(23)27)10-3-2-4-11-20/h5-8,14,24H,2-4,9-13H2,1H3,(H,21,25)(H,22,27)/t14-/m0/s1. The highest BCUT2D eigenvalue weighted by molar-refractivity contribution is 6.07. The number of amides is 4. The Morgan fingerprint density at radius 1 is 1.22 bits per heavy atom. The van der Waals surface area contributed by atoms with Gasteiger partial charge in [-0.15, -0.1) is 0 Å². The van der Waals surface area contributed by atoms with E-state index in [9.17, 15) is 19.5 Å². The predicted octanol–water partition coefficient (Wildman–Crippen LogP) is 2.00. The molecule has 1 heterocycles. The zero-order valence-corrected chi connectivity index (χ0v) is 15.7. The third-order valence-electron chi connectivity index (χ3n) is 5.47. The fraction of sp³-hybridized carbons (Fsp3) is 0.550. The second kappa shape index (κ2) is 8.08. The van der Waals surface area contributed by atoms with E-state index in [0.717, 1.165) is 30.4 Å². The average molecular weight is 373 g/mol. The Labute approximate surface area is 159 Å². The summed E-state index contributed by atoms with van der Waals surface area (Å²) < 4.78 is 0. The molecule has 1 aliphatic heterocycles. The van der Waals surface area contributed by atoms with Gasteiger partial charge in [0.1, 0.15) is 5.54 Å². The van der Waals surface area contributed by atoms with E-state index in [1.807, 2.05) is 24.3 Å². The van der Waals surface area contributed by atoms with Crippen molar-refractivity contribution in [1.82, 2.24) is 15.5 Å². The number of nitrogens with zero attached hydrogens (tertiary/aromatic N) is 1. The highest BCUT2D eigenvalue weighted by Gasteiger charge is 2.50. The molecule has 146 valence electrons. The first-order valence-corrected chi connectivity index (χ1v) is 9.59. The number of urea groups is 1. The van der Waals surface area contributed by atoms with Crippen molar-refractivity contribution in [2.75, 3.05) is 6.54 Å². The molecule has 27 heavy (non-hydrogen) atoms. The molecular weight excluding hydrogens is 346 g/mol. The van der Waals surface area contributed by atoms with Crippen LogP contribution in [0.1, 0.15) is 62.7 Å². The number of carbonyl (C=O) groups excluding carboxylic acids is 3. The van der Waals surface area contributed by atoms with Crippen molar-refractivity contribution >= 4 is 17.8 Å². The van der Waals surface area contributed by atoms with Crippen LogP contribution >= 0.6 is 0 Å². The number of rotatable bonds is 6. The maximum atomic E-state index is 12.7. The SMILES string of the molecule is C[C@H](O)c1ccc(CNC(=O)CCN2C(=O)NC3(CCCCC3)C2=O)cc1. The van der Waals surface area contributed by atoms with Crippen molar-refractivity contribution in [2.45, 2.75) is 63.6 Å². The highest BCUT2D eigenvalue weighted by Crippen LogP contribution is 2.33. The first kappa shape index (κ1) is 19.4. The van der Waals surface area contributed by atoms with E-state index in [0.29, 0.717) is 19.4 Å². The van der Waals surface area contributed by atoms with Crippen molar-refractivity contribution in [2.24, 2.45) is 0 Å². The van der Waals surface area contributed by atoms with Gasteiger partial charge >= 0.3 is 6.03 Å². The number of nitrogens with one attached hydrogen (secondary N) is 2. The fourth-order valence-corrected chi connectivity index (χ4v) is 3.79. The van der Waals surface area contributed by atoms with Crippen LogP contribution in [-0.2, 0) is 16.1 Å². The van der Waals surface area contributed by atoms with Gasteiger partial charge in [-0.05, 0) is 30.9 Å². The first-order chi connectivity index (χ1) is 12.9. The first-order valence-electron chi connectivity index (χ1n) is 9.59. The lowest BCUT2D eigenvalue weighted by Gasteiger charge is -2.30. The number of imide groups is 1. The topological polar surface area (TPSA) is 98.7 Å². The van der Waals surface area contributed by atoms with Gasteiger partial charge < -0.3 is 15.7 Å². The number of hydrogen-bond donors (Lipinski definition) is 3. The van der Waals surface area contributed by atoms with Crippen LogP contribution in [0.4, 0.5) is 4.79 Å². The molecule has 2 aliphatic rings. The molecule has 7 heteroatoms. The lowest BCUT2D eigenvalue weighted by Crippen LogP contribution is -2.48. The molecule has 1 aliphatic carbocycles. The van der Waals surface area contributed by atoms with Gasteiger partial charge in [-0.3, -0.25) is 14.5 Å². The summed E-state index contributed by atoms with van der Waals surface area (Å²) in [4.78, 5) is 38.1. The zero-order valence-electron chi connectivity index (χ0n) is 15.7. The van der Waals surface area contributed by atoms with Crippen molar-refractivity contribution in [1.29, 1.82) is 0 Å². The number of hydrogen-bond acceptors (Lipinski definition) is 4. The summed E-state index contributed by atoms with van der Waals surface area (Å²) in [6, 6.07) is 6.97. The van der Waals surface area contributed by atoms with E-state index in [2.05, 4.69) is 10.6 Å². The van der Waals surface area contributed by atoms with Gasteiger partial charge in [0.2, 0.25) is 5.91 Å². The number of benzene rings is 1. The minimum atomic E-state index is -0.739. The van der Waals surface area contributed by atoms with E-state index in [-0.39, 0.29) is 30.8 Å². The van der Waals surface area contributed by atoms with Crippen molar-refractivity contribution < 1.29 is 19.5 Å². The predicted molar refractivity (Wildman–Crippen MR) is 99.6 cm³/mol. The summed E-state index contributed by atoms with van der Waals surface area (Å²) in [5.41, 5.74) is 1.00. The van der Waals surface area contributed by atoms with E-state index < -0.39 is 11.6 Å². The fourth-order valence-electron chi connectivity index (χ4n) is 3.79. The maximum absolute atomic E-state index is 12.7.